The van der Waals surface area contributed by atoms with Crippen LogP contribution in [0.5, 0.6) is 0 Å². The third-order valence-corrected chi connectivity index (χ3v) is 4.54. The molecule has 1 aliphatic heterocycles. The standard InChI is InChI=1S/C18H22N4O3/c1-12-4-6-14(7-5-12)22-9-8-21(10-13(22)2)17(23)16-15(18(24)25)11-20(3)19-16/h4-7,11,13H,8-10H2,1-3H3,(H,24,25). The van der Waals surface area contributed by atoms with Crippen LogP contribution in [-0.2, 0) is 7.05 Å². The number of carbonyl (C=O) groups is 2. The molecule has 2 aromatic rings. The van der Waals surface area contributed by atoms with E-state index in [-0.39, 0.29) is 23.2 Å². The largest absolute Gasteiger partial charge is 0.478 e. The third-order valence-electron chi connectivity index (χ3n) is 4.54. The van der Waals surface area contributed by atoms with Crippen molar-refractivity contribution in [2.75, 3.05) is 24.5 Å². The maximum absolute atomic E-state index is 12.7. The molecule has 7 heteroatoms. The van der Waals surface area contributed by atoms with Crippen LogP contribution < -0.4 is 4.90 Å². The Kier molecular flexibility index (Phi) is 4.48. The van der Waals surface area contributed by atoms with E-state index in [1.54, 1.807) is 11.9 Å². The topological polar surface area (TPSA) is 78.7 Å². The Morgan fingerprint density at radius 3 is 2.48 bits per heavy atom. The highest BCUT2D eigenvalue weighted by Gasteiger charge is 2.31. The molecule has 1 aliphatic rings. The highest BCUT2D eigenvalue weighted by Crippen LogP contribution is 2.22. The summed E-state index contributed by atoms with van der Waals surface area (Å²) < 4.78 is 1.36. The number of aromatic nitrogens is 2. The van der Waals surface area contributed by atoms with Crippen LogP contribution in [0.2, 0.25) is 0 Å². The van der Waals surface area contributed by atoms with Gasteiger partial charge in [-0.25, -0.2) is 4.79 Å². The molecule has 1 saturated heterocycles. The zero-order valence-electron chi connectivity index (χ0n) is 14.6. The lowest BCUT2D eigenvalue weighted by Crippen LogP contribution is -2.54. The molecule has 2 heterocycles. The first-order valence-electron chi connectivity index (χ1n) is 8.26. The molecule has 1 fully saturated rings. The van der Waals surface area contributed by atoms with Crippen molar-refractivity contribution in [2.45, 2.75) is 19.9 Å². The molecule has 1 unspecified atom stereocenters. The summed E-state index contributed by atoms with van der Waals surface area (Å²) >= 11 is 0. The number of carboxylic acids is 1. The predicted octanol–water partition coefficient (Wildman–Crippen LogP) is 1.78. The van der Waals surface area contributed by atoms with E-state index in [0.717, 1.165) is 5.69 Å². The van der Waals surface area contributed by atoms with E-state index in [2.05, 4.69) is 48.1 Å². The van der Waals surface area contributed by atoms with Crippen LogP contribution in [-0.4, -0.2) is 57.3 Å². The Labute approximate surface area is 146 Å². The molecule has 1 N–H and O–H groups in total. The van der Waals surface area contributed by atoms with Gasteiger partial charge in [-0.3, -0.25) is 9.48 Å². The second-order valence-electron chi connectivity index (χ2n) is 6.50. The van der Waals surface area contributed by atoms with Crippen LogP contribution in [0.4, 0.5) is 5.69 Å². The number of carboxylic acid groups (broad SMARTS) is 1. The number of benzene rings is 1. The quantitative estimate of drug-likeness (QED) is 0.920. The SMILES string of the molecule is Cc1ccc(N2CCN(C(=O)c3nn(C)cc3C(=O)O)CC2C)cc1. The zero-order valence-corrected chi connectivity index (χ0v) is 14.6. The Balaban J connectivity index is 1.75. The fourth-order valence-electron chi connectivity index (χ4n) is 3.21. The first-order chi connectivity index (χ1) is 11.9. The van der Waals surface area contributed by atoms with E-state index in [4.69, 9.17) is 0 Å². The Hall–Kier alpha value is -2.83. The molecule has 3 rings (SSSR count). The van der Waals surface area contributed by atoms with Gasteiger partial charge >= 0.3 is 5.97 Å². The van der Waals surface area contributed by atoms with Gasteiger partial charge in [0.2, 0.25) is 0 Å². The van der Waals surface area contributed by atoms with Gasteiger partial charge in [-0.2, -0.15) is 5.10 Å². The van der Waals surface area contributed by atoms with Crippen molar-refractivity contribution in [1.82, 2.24) is 14.7 Å². The lowest BCUT2D eigenvalue weighted by Gasteiger charge is -2.41. The summed E-state index contributed by atoms with van der Waals surface area (Å²) in [7, 11) is 1.61. The van der Waals surface area contributed by atoms with Crippen molar-refractivity contribution in [2.24, 2.45) is 7.05 Å². The third kappa shape index (κ3) is 3.35. The number of anilines is 1. The molecular formula is C18H22N4O3. The highest BCUT2D eigenvalue weighted by atomic mass is 16.4. The normalized spacial score (nSPS) is 17.6. The van der Waals surface area contributed by atoms with Crippen molar-refractivity contribution in [3.63, 3.8) is 0 Å². The first-order valence-corrected chi connectivity index (χ1v) is 8.26. The lowest BCUT2D eigenvalue weighted by molar-refractivity contribution is 0.0665. The van der Waals surface area contributed by atoms with Gasteiger partial charge in [0.15, 0.2) is 5.69 Å². The van der Waals surface area contributed by atoms with Crippen molar-refractivity contribution < 1.29 is 14.7 Å². The monoisotopic (exact) mass is 342 g/mol. The number of aryl methyl sites for hydroxylation is 2. The smallest absolute Gasteiger partial charge is 0.339 e. The van der Waals surface area contributed by atoms with Crippen LogP contribution >= 0.6 is 0 Å². The molecule has 1 aromatic heterocycles. The minimum atomic E-state index is -1.14. The van der Waals surface area contributed by atoms with E-state index in [0.29, 0.717) is 19.6 Å². The number of aromatic carboxylic acids is 1. The molecule has 0 bridgehead atoms. The summed E-state index contributed by atoms with van der Waals surface area (Å²) in [6.45, 7) is 5.88. The molecule has 0 radical (unpaired) electrons. The van der Waals surface area contributed by atoms with Gasteiger partial charge in [0.1, 0.15) is 5.56 Å². The number of amides is 1. The summed E-state index contributed by atoms with van der Waals surface area (Å²) in [5.74, 6) is -1.46. The highest BCUT2D eigenvalue weighted by molar-refractivity contribution is 6.03. The van der Waals surface area contributed by atoms with Gasteiger partial charge in [-0.1, -0.05) is 17.7 Å². The second-order valence-corrected chi connectivity index (χ2v) is 6.50. The van der Waals surface area contributed by atoms with E-state index >= 15 is 0 Å². The number of rotatable bonds is 3. The van der Waals surface area contributed by atoms with Crippen LogP contribution in [0.25, 0.3) is 0 Å². The van der Waals surface area contributed by atoms with Gasteiger partial charge in [0.05, 0.1) is 0 Å². The summed E-state index contributed by atoms with van der Waals surface area (Å²) in [6.07, 6.45) is 1.36. The Morgan fingerprint density at radius 1 is 1.20 bits per heavy atom. The first kappa shape index (κ1) is 17.0. The molecule has 1 atom stereocenters. The lowest BCUT2D eigenvalue weighted by atomic mass is 10.1. The Bertz CT molecular complexity index is 797. The number of piperazine rings is 1. The molecule has 1 aromatic carbocycles. The van der Waals surface area contributed by atoms with Gasteiger partial charge in [-0.05, 0) is 26.0 Å². The van der Waals surface area contributed by atoms with Gasteiger partial charge in [0, 0.05) is 44.6 Å². The Morgan fingerprint density at radius 2 is 1.88 bits per heavy atom. The fraction of sp³-hybridized carbons (Fsp3) is 0.389. The molecule has 132 valence electrons. The molecule has 0 spiro atoms. The van der Waals surface area contributed by atoms with E-state index in [9.17, 15) is 14.7 Å². The number of nitrogens with zero attached hydrogens (tertiary/aromatic N) is 4. The molecular weight excluding hydrogens is 320 g/mol. The zero-order chi connectivity index (χ0) is 18.1. The van der Waals surface area contributed by atoms with Gasteiger partial charge < -0.3 is 14.9 Å². The summed E-state index contributed by atoms with van der Waals surface area (Å²) in [4.78, 5) is 28.0. The van der Waals surface area contributed by atoms with Crippen LogP contribution in [0.1, 0.15) is 33.3 Å². The number of carbonyl (C=O) groups excluding carboxylic acids is 1. The average molecular weight is 342 g/mol. The minimum Gasteiger partial charge on any atom is -0.478 e. The van der Waals surface area contributed by atoms with Crippen LogP contribution in [0.15, 0.2) is 30.5 Å². The molecule has 25 heavy (non-hydrogen) atoms. The predicted molar refractivity (Wildman–Crippen MR) is 94.1 cm³/mol. The average Bonchev–Trinajstić information content (AvgIpc) is 2.97. The van der Waals surface area contributed by atoms with Crippen molar-refractivity contribution in [3.8, 4) is 0 Å². The van der Waals surface area contributed by atoms with Crippen molar-refractivity contribution in [1.29, 1.82) is 0 Å². The van der Waals surface area contributed by atoms with E-state index in [1.807, 2.05) is 0 Å². The van der Waals surface area contributed by atoms with Gasteiger partial charge in [-0.15, -0.1) is 0 Å². The van der Waals surface area contributed by atoms with Crippen molar-refractivity contribution >= 4 is 17.6 Å². The van der Waals surface area contributed by atoms with E-state index in [1.165, 1.54) is 16.4 Å². The summed E-state index contributed by atoms with van der Waals surface area (Å²) in [5.41, 5.74) is 2.29. The van der Waals surface area contributed by atoms with Crippen LogP contribution in [0.3, 0.4) is 0 Å². The van der Waals surface area contributed by atoms with Gasteiger partial charge in [0.25, 0.3) is 5.91 Å². The second kappa shape index (κ2) is 6.58. The fourth-order valence-corrected chi connectivity index (χ4v) is 3.21. The number of hydrogen-bond donors (Lipinski definition) is 1. The molecule has 0 saturated carbocycles. The maximum Gasteiger partial charge on any atom is 0.339 e. The molecule has 7 nitrogen and oxygen atoms in total. The minimum absolute atomic E-state index is 0.00554. The maximum atomic E-state index is 12.7. The summed E-state index contributed by atoms with van der Waals surface area (Å²) in [5, 5.41) is 13.3. The number of hydrogen-bond acceptors (Lipinski definition) is 4. The molecule has 0 aliphatic carbocycles. The summed E-state index contributed by atoms with van der Waals surface area (Å²) in [6, 6.07) is 8.46. The van der Waals surface area contributed by atoms with Crippen LogP contribution in [0, 0.1) is 6.92 Å². The van der Waals surface area contributed by atoms with Crippen molar-refractivity contribution in [3.05, 3.63) is 47.3 Å². The van der Waals surface area contributed by atoms with E-state index < -0.39 is 5.97 Å². The molecule has 1 amide bonds.